The third kappa shape index (κ3) is 4.06. The first-order valence-corrected chi connectivity index (χ1v) is 6.12. The van der Waals surface area contributed by atoms with Crippen molar-refractivity contribution < 1.29 is 9.53 Å². The number of carbonyl (C=O) groups excluding carboxylic acids is 1. The number of carbonyl (C=O) groups is 1. The number of hydrogen-bond donors (Lipinski definition) is 3. The average Bonchev–Trinajstić information content (AvgIpc) is 2.38. The molecular formula is C12H21N5O2. The average molecular weight is 267 g/mol. The second-order valence-corrected chi connectivity index (χ2v) is 4.69. The molecule has 0 bridgehead atoms. The van der Waals surface area contributed by atoms with Crippen molar-refractivity contribution in [1.29, 1.82) is 0 Å². The topological polar surface area (TPSA) is 102 Å². The number of hydrogen-bond acceptors (Lipinski definition) is 7. The van der Waals surface area contributed by atoms with Gasteiger partial charge < -0.3 is 15.5 Å². The predicted molar refractivity (Wildman–Crippen MR) is 73.5 cm³/mol. The molecule has 106 valence electrons. The van der Waals surface area contributed by atoms with Gasteiger partial charge in [0.2, 0.25) is 0 Å². The van der Waals surface area contributed by atoms with Crippen LogP contribution in [0.3, 0.4) is 0 Å². The van der Waals surface area contributed by atoms with Gasteiger partial charge >= 0.3 is 5.97 Å². The summed E-state index contributed by atoms with van der Waals surface area (Å²) in [5.41, 5.74) is 3.24. The molecule has 7 nitrogen and oxygen atoms in total. The lowest BCUT2D eigenvalue weighted by atomic mass is 10.0. The number of nitrogen functional groups attached to an aromatic ring is 1. The number of nitrogens with two attached hydrogens (primary N) is 1. The molecule has 7 heteroatoms. The Bertz CT molecular complexity index is 436. The van der Waals surface area contributed by atoms with Gasteiger partial charge in [0.1, 0.15) is 24.0 Å². The molecular weight excluding hydrogens is 246 g/mol. The molecule has 1 aromatic heterocycles. The van der Waals surface area contributed by atoms with E-state index in [4.69, 9.17) is 10.6 Å². The Morgan fingerprint density at radius 3 is 2.58 bits per heavy atom. The molecule has 0 fully saturated rings. The van der Waals surface area contributed by atoms with Gasteiger partial charge in [-0.05, 0) is 19.3 Å². The monoisotopic (exact) mass is 267 g/mol. The van der Waals surface area contributed by atoms with Gasteiger partial charge in [-0.3, -0.25) is 0 Å². The van der Waals surface area contributed by atoms with Gasteiger partial charge in [-0.2, -0.15) is 0 Å². The Morgan fingerprint density at radius 1 is 1.42 bits per heavy atom. The molecule has 4 N–H and O–H groups in total. The molecule has 1 atom stereocenters. The number of nitrogens with zero attached hydrogens (tertiary/aromatic N) is 2. The van der Waals surface area contributed by atoms with Crippen LogP contribution in [0.5, 0.6) is 0 Å². The zero-order chi connectivity index (χ0) is 14.4. The first-order chi connectivity index (χ1) is 8.99. The lowest BCUT2D eigenvalue weighted by Crippen LogP contribution is -2.33. The number of esters is 1. The lowest BCUT2D eigenvalue weighted by Gasteiger charge is -2.20. The summed E-state index contributed by atoms with van der Waals surface area (Å²) in [5, 5.41) is 3.08. The minimum atomic E-state index is -0.441. The molecule has 0 saturated carbocycles. The van der Waals surface area contributed by atoms with Gasteiger partial charge in [-0.1, -0.05) is 13.8 Å². The zero-order valence-electron chi connectivity index (χ0n) is 11.7. The number of anilines is 2. The zero-order valence-corrected chi connectivity index (χ0v) is 11.7. The van der Waals surface area contributed by atoms with Gasteiger partial charge in [-0.15, -0.1) is 0 Å². The van der Waals surface area contributed by atoms with E-state index in [2.05, 4.69) is 20.7 Å². The number of hydrazine groups is 1. The molecule has 0 saturated heterocycles. The predicted octanol–water partition coefficient (Wildman–Crippen LogP) is 1.07. The van der Waals surface area contributed by atoms with E-state index in [0.29, 0.717) is 24.0 Å². The van der Waals surface area contributed by atoms with Crippen LogP contribution in [0.25, 0.3) is 0 Å². The van der Waals surface area contributed by atoms with E-state index >= 15 is 0 Å². The highest BCUT2D eigenvalue weighted by Crippen LogP contribution is 2.20. The third-order valence-corrected chi connectivity index (χ3v) is 2.72. The summed E-state index contributed by atoms with van der Waals surface area (Å²) in [6, 6.07) is -0.441. The van der Waals surface area contributed by atoms with Crippen molar-refractivity contribution in [2.45, 2.75) is 33.2 Å². The van der Waals surface area contributed by atoms with Gasteiger partial charge in [0.05, 0.1) is 7.11 Å². The number of methoxy groups -OCH3 is 1. The van der Waals surface area contributed by atoms with Gasteiger partial charge in [0, 0.05) is 5.56 Å². The number of ether oxygens (including phenoxy) is 1. The fraction of sp³-hybridized carbons (Fsp3) is 0.583. The van der Waals surface area contributed by atoms with E-state index in [-0.39, 0.29) is 5.97 Å². The summed E-state index contributed by atoms with van der Waals surface area (Å²) in [7, 11) is 1.37. The number of nitrogens with one attached hydrogen (secondary N) is 2. The maximum atomic E-state index is 11.7. The molecule has 0 aromatic carbocycles. The highest BCUT2D eigenvalue weighted by Gasteiger charge is 2.22. The summed E-state index contributed by atoms with van der Waals surface area (Å²) in [6.07, 6.45) is 2.04. The smallest absolute Gasteiger partial charge is 0.328 e. The Hall–Kier alpha value is -1.89. The normalized spacial score (nSPS) is 12.1. The van der Waals surface area contributed by atoms with E-state index in [1.165, 1.54) is 13.4 Å². The van der Waals surface area contributed by atoms with Crippen LogP contribution < -0.4 is 16.6 Å². The first-order valence-electron chi connectivity index (χ1n) is 6.12. The molecule has 0 spiro atoms. The van der Waals surface area contributed by atoms with Crippen molar-refractivity contribution in [3.05, 3.63) is 11.9 Å². The van der Waals surface area contributed by atoms with Crippen molar-refractivity contribution in [3.63, 3.8) is 0 Å². The van der Waals surface area contributed by atoms with Crippen LogP contribution in [0, 0.1) is 12.8 Å². The summed E-state index contributed by atoms with van der Waals surface area (Å²) < 4.78 is 4.80. The highest BCUT2D eigenvalue weighted by atomic mass is 16.5. The largest absolute Gasteiger partial charge is 0.467 e. The second kappa shape index (κ2) is 6.89. The number of rotatable bonds is 6. The minimum absolute atomic E-state index is 0.311. The molecule has 0 amide bonds. The second-order valence-electron chi connectivity index (χ2n) is 4.69. The van der Waals surface area contributed by atoms with Gasteiger partial charge in [0.15, 0.2) is 0 Å². The van der Waals surface area contributed by atoms with Crippen LogP contribution in [0.1, 0.15) is 25.8 Å². The molecule has 19 heavy (non-hydrogen) atoms. The molecule has 1 unspecified atom stereocenters. The summed E-state index contributed by atoms with van der Waals surface area (Å²) >= 11 is 0. The van der Waals surface area contributed by atoms with Crippen molar-refractivity contribution in [2.75, 3.05) is 17.9 Å². The highest BCUT2D eigenvalue weighted by molar-refractivity contribution is 5.79. The van der Waals surface area contributed by atoms with Crippen LogP contribution in [0.15, 0.2) is 6.33 Å². The molecule has 0 aliphatic heterocycles. The molecule has 0 radical (unpaired) electrons. The minimum Gasteiger partial charge on any atom is -0.467 e. The molecule has 1 rings (SSSR count). The van der Waals surface area contributed by atoms with Crippen LogP contribution in [0.4, 0.5) is 11.6 Å². The van der Waals surface area contributed by atoms with Crippen molar-refractivity contribution in [2.24, 2.45) is 11.8 Å². The van der Waals surface area contributed by atoms with E-state index in [1.54, 1.807) is 0 Å². The molecule has 0 aliphatic rings. The standard InChI is InChI=1S/C12H21N5O2/c1-7(2)5-9(12(18)19-4)16-10-8(3)11(17-13)15-6-14-10/h6-7,9H,5,13H2,1-4H3,(H2,14,15,16,17). The summed E-state index contributed by atoms with van der Waals surface area (Å²) in [6.45, 7) is 5.90. The van der Waals surface area contributed by atoms with E-state index in [9.17, 15) is 4.79 Å². The summed E-state index contributed by atoms with van der Waals surface area (Å²) in [4.78, 5) is 19.9. The Labute approximate surface area is 112 Å². The fourth-order valence-corrected chi connectivity index (χ4v) is 1.73. The van der Waals surface area contributed by atoms with Crippen molar-refractivity contribution >= 4 is 17.6 Å². The lowest BCUT2D eigenvalue weighted by molar-refractivity contribution is -0.141. The van der Waals surface area contributed by atoms with Gasteiger partial charge in [0.25, 0.3) is 0 Å². The van der Waals surface area contributed by atoms with Crippen LogP contribution >= 0.6 is 0 Å². The third-order valence-electron chi connectivity index (χ3n) is 2.72. The molecule has 0 aliphatic carbocycles. The first kappa shape index (κ1) is 15.2. The van der Waals surface area contributed by atoms with E-state index < -0.39 is 6.04 Å². The van der Waals surface area contributed by atoms with Crippen LogP contribution in [-0.4, -0.2) is 29.1 Å². The van der Waals surface area contributed by atoms with Gasteiger partial charge in [-0.25, -0.2) is 20.6 Å². The Balaban J connectivity index is 2.93. The molecule has 1 aromatic rings. The van der Waals surface area contributed by atoms with E-state index in [0.717, 1.165) is 5.56 Å². The fourth-order valence-electron chi connectivity index (χ4n) is 1.73. The van der Waals surface area contributed by atoms with Crippen LogP contribution in [-0.2, 0) is 9.53 Å². The molecule has 1 heterocycles. The number of aromatic nitrogens is 2. The Kier molecular flexibility index (Phi) is 5.50. The maximum Gasteiger partial charge on any atom is 0.328 e. The van der Waals surface area contributed by atoms with Crippen molar-refractivity contribution in [3.8, 4) is 0 Å². The summed E-state index contributed by atoms with van der Waals surface area (Å²) in [5.74, 6) is 6.49. The quantitative estimate of drug-likeness (QED) is 0.402. The maximum absolute atomic E-state index is 11.7. The van der Waals surface area contributed by atoms with Crippen molar-refractivity contribution in [1.82, 2.24) is 9.97 Å². The SMILES string of the molecule is COC(=O)C(CC(C)C)Nc1ncnc(NN)c1C. The van der Waals surface area contributed by atoms with E-state index in [1.807, 2.05) is 20.8 Å². The Morgan fingerprint density at radius 2 is 2.05 bits per heavy atom. The van der Waals surface area contributed by atoms with Crippen LogP contribution in [0.2, 0.25) is 0 Å².